The van der Waals surface area contributed by atoms with Crippen LogP contribution in [0.2, 0.25) is 0 Å². The van der Waals surface area contributed by atoms with Gasteiger partial charge in [0.1, 0.15) is 10.8 Å². The molecule has 2 amide bonds. The summed E-state index contributed by atoms with van der Waals surface area (Å²) in [6.07, 6.45) is 0.774. The van der Waals surface area contributed by atoms with Crippen molar-refractivity contribution in [2.24, 2.45) is 0 Å². The molecule has 1 aliphatic heterocycles. The number of carbonyl (C=O) groups is 1. The van der Waals surface area contributed by atoms with Gasteiger partial charge in [-0.05, 0) is 37.6 Å². The number of carbonyl (C=O) groups excluding carboxylic acids is 1. The van der Waals surface area contributed by atoms with Gasteiger partial charge in [0.05, 0.1) is 19.3 Å². The smallest absolute Gasteiger partial charge is 0.322 e. The molecule has 1 aromatic heterocycles. The summed E-state index contributed by atoms with van der Waals surface area (Å²) < 4.78 is 5.32. The average Bonchev–Trinajstić information content (AvgIpc) is 3.13. The van der Waals surface area contributed by atoms with Crippen LogP contribution < -0.4 is 10.1 Å². The maximum absolute atomic E-state index is 12.8. The van der Waals surface area contributed by atoms with Crippen LogP contribution in [0.15, 0.2) is 42.5 Å². The van der Waals surface area contributed by atoms with Gasteiger partial charge in [-0.1, -0.05) is 29.8 Å². The zero-order valence-electron chi connectivity index (χ0n) is 16.3. The van der Waals surface area contributed by atoms with Crippen LogP contribution in [0.3, 0.4) is 0 Å². The van der Waals surface area contributed by atoms with Crippen LogP contribution >= 0.6 is 11.3 Å². The lowest BCUT2D eigenvalue weighted by Crippen LogP contribution is -2.38. The number of hydrogen-bond acceptors (Lipinski definition) is 4. The first-order valence-electron chi connectivity index (χ1n) is 9.29. The van der Waals surface area contributed by atoms with Gasteiger partial charge >= 0.3 is 6.03 Å². The Balaban J connectivity index is 1.50. The number of ether oxygens (including phenoxy) is 1. The van der Waals surface area contributed by atoms with Gasteiger partial charge in [-0.25, -0.2) is 9.78 Å². The third kappa shape index (κ3) is 3.73. The normalized spacial score (nSPS) is 13.2. The van der Waals surface area contributed by atoms with Crippen LogP contribution in [0.1, 0.15) is 21.7 Å². The molecule has 0 aliphatic carbocycles. The molecule has 4 rings (SSSR count). The summed E-state index contributed by atoms with van der Waals surface area (Å²) in [5.74, 6) is 0.820. The molecule has 28 heavy (non-hydrogen) atoms. The Morgan fingerprint density at radius 2 is 2.07 bits per heavy atom. The van der Waals surface area contributed by atoms with Crippen molar-refractivity contribution < 1.29 is 9.53 Å². The van der Waals surface area contributed by atoms with Crippen LogP contribution in [0, 0.1) is 13.8 Å². The second kappa shape index (κ2) is 7.64. The maximum Gasteiger partial charge on any atom is 0.322 e. The van der Waals surface area contributed by atoms with Crippen molar-refractivity contribution in [2.45, 2.75) is 26.8 Å². The van der Waals surface area contributed by atoms with Gasteiger partial charge in [-0.2, -0.15) is 0 Å². The summed E-state index contributed by atoms with van der Waals surface area (Å²) in [6, 6.07) is 13.9. The minimum Gasteiger partial charge on any atom is -0.497 e. The number of methoxy groups -OCH3 is 1. The second-order valence-electron chi connectivity index (χ2n) is 7.04. The number of rotatable bonds is 3. The van der Waals surface area contributed by atoms with Gasteiger partial charge in [0.2, 0.25) is 0 Å². The molecule has 6 heteroatoms. The minimum atomic E-state index is -0.0612. The van der Waals surface area contributed by atoms with Gasteiger partial charge in [0, 0.05) is 29.1 Å². The van der Waals surface area contributed by atoms with E-state index in [1.807, 2.05) is 48.2 Å². The number of thiazole rings is 1. The van der Waals surface area contributed by atoms with Crippen LogP contribution in [-0.2, 0) is 13.0 Å². The number of fused-ring (bicyclic) bond motifs is 1. The zero-order chi connectivity index (χ0) is 19.7. The highest BCUT2D eigenvalue weighted by molar-refractivity contribution is 7.15. The molecule has 1 aliphatic rings. The van der Waals surface area contributed by atoms with Crippen molar-refractivity contribution in [3.05, 3.63) is 64.2 Å². The van der Waals surface area contributed by atoms with E-state index in [2.05, 4.69) is 18.3 Å². The van der Waals surface area contributed by atoms with E-state index in [9.17, 15) is 4.79 Å². The molecule has 0 fully saturated rings. The lowest BCUT2D eigenvalue weighted by Gasteiger charge is -2.26. The van der Waals surface area contributed by atoms with Gasteiger partial charge in [0.15, 0.2) is 0 Å². The third-order valence-corrected chi connectivity index (χ3v) is 6.09. The first-order valence-corrected chi connectivity index (χ1v) is 10.1. The van der Waals surface area contributed by atoms with E-state index in [-0.39, 0.29) is 6.03 Å². The molecule has 0 saturated carbocycles. The molecule has 0 saturated heterocycles. The highest BCUT2D eigenvalue weighted by Crippen LogP contribution is 2.33. The zero-order valence-corrected chi connectivity index (χ0v) is 17.1. The van der Waals surface area contributed by atoms with Crippen LogP contribution in [0.5, 0.6) is 5.75 Å². The summed E-state index contributed by atoms with van der Waals surface area (Å²) in [5, 5.41) is 4.02. The van der Waals surface area contributed by atoms with Gasteiger partial charge in [0.25, 0.3) is 0 Å². The number of nitrogens with zero attached hydrogens (tertiary/aromatic N) is 2. The van der Waals surface area contributed by atoms with Crippen molar-refractivity contribution in [3.63, 3.8) is 0 Å². The molecule has 2 aromatic carbocycles. The first kappa shape index (κ1) is 18.5. The Morgan fingerprint density at radius 3 is 2.86 bits per heavy atom. The summed E-state index contributed by atoms with van der Waals surface area (Å²) in [7, 11) is 1.66. The van der Waals surface area contributed by atoms with Crippen molar-refractivity contribution in [3.8, 4) is 16.3 Å². The number of anilines is 1. The molecule has 3 aromatic rings. The fourth-order valence-electron chi connectivity index (χ4n) is 3.40. The Kier molecular flexibility index (Phi) is 5.05. The number of aromatic nitrogens is 1. The van der Waals surface area contributed by atoms with Gasteiger partial charge in [-0.15, -0.1) is 11.3 Å². The number of amides is 2. The van der Waals surface area contributed by atoms with E-state index >= 15 is 0 Å². The number of hydrogen-bond donors (Lipinski definition) is 1. The number of urea groups is 1. The molecule has 0 bridgehead atoms. The van der Waals surface area contributed by atoms with Gasteiger partial charge < -0.3 is 15.0 Å². The lowest BCUT2D eigenvalue weighted by atomic mass is 10.1. The van der Waals surface area contributed by atoms with Crippen molar-refractivity contribution >= 4 is 23.1 Å². The molecule has 1 N–H and O–H groups in total. The van der Waals surface area contributed by atoms with Gasteiger partial charge in [-0.3, -0.25) is 0 Å². The van der Waals surface area contributed by atoms with E-state index in [1.165, 1.54) is 5.56 Å². The third-order valence-electron chi connectivity index (χ3n) is 4.96. The molecule has 0 radical (unpaired) electrons. The fourth-order valence-corrected chi connectivity index (χ4v) is 4.52. The molecule has 144 valence electrons. The number of benzene rings is 2. The predicted octanol–water partition coefficient (Wildman–Crippen LogP) is 5.03. The molecule has 2 heterocycles. The Labute approximate surface area is 169 Å². The van der Waals surface area contributed by atoms with Crippen LogP contribution in [0.4, 0.5) is 10.5 Å². The number of nitrogens with one attached hydrogen (secondary N) is 1. The topological polar surface area (TPSA) is 54.5 Å². The van der Waals surface area contributed by atoms with E-state index in [0.29, 0.717) is 13.1 Å². The summed E-state index contributed by atoms with van der Waals surface area (Å²) in [4.78, 5) is 20.6. The standard InChI is InChI=1S/C22H23N3O2S/c1-14-7-8-18(15(2)11-14)24-22(26)25-10-9-19-20(13-25)28-21(23-19)16-5-4-6-17(12-16)27-3/h4-8,11-12H,9-10,13H2,1-3H3,(H,24,26). The lowest BCUT2D eigenvalue weighted by molar-refractivity contribution is 0.207. The fraction of sp³-hybridized carbons (Fsp3) is 0.273. The molecule has 5 nitrogen and oxygen atoms in total. The molecular weight excluding hydrogens is 370 g/mol. The predicted molar refractivity (Wildman–Crippen MR) is 113 cm³/mol. The van der Waals surface area contributed by atoms with Crippen molar-refractivity contribution in [1.82, 2.24) is 9.88 Å². The van der Waals surface area contributed by atoms with E-state index in [4.69, 9.17) is 9.72 Å². The monoisotopic (exact) mass is 393 g/mol. The van der Waals surface area contributed by atoms with E-state index in [1.54, 1.807) is 18.4 Å². The van der Waals surface area contributed by atoms with Crippen molar-refractivity contribution in [2.75, 3.05) is 19.0 Å². The average molecular weight is 394 g/mol. The van der Waals surface area contributed by atoms with Crippen molar-refractivity contribution in [1.29, 1.82) is 0 Å². The molecule has 0 atom stereocenters. The van der Waals surface area contributed by atoms with E-state index in [0.717, 1.165) is 44.6 Å². The molecular formula is C22H23N3O2S. The largest absolute Gasteiger partial charge is 0.497 e. The first-order chi connectivity index (χ1) is 13.5. The summed E-state index contributed by atoms with van der Waals surface area (Å²) in [5.41, 5.74) is 5.27. The second-order valence-corrected chi connectivity index (χ2v) is 8.12. The maximum atomic E-state index is 12.8. The minimum absolute atomic E-state index is 0.0612. The highest BCUT2D eigenvalue weighted by Gasteiger charge is 2.25. The quantitative estimate of drug-likeness (QED) is 0.679. The Hall–Kier alpha value is -2.86. The summed E-state index contributed by atoms with van der Waals surface area (Å²) >= 11 is 1.65. The Morgan fingerprint density at radius 1 is 1.21 bits per heavy atom. The SMILES string of the molecule is COc1cccc(-c2nc3c(s2)CN(C(=O)Nc2ccc(C)cc2C)CC3)c1. The molecule has 0 spiro atoms. The highest BCUT2D eigenvalue weighted by atomic mass is 32.1. The van der Waals surface area contributed by atoms with E-state index < -0.39 is 0 Å². The Bertz CT molecular complexity index is 1030. The summed E-state index contributed by atoms with van der Waals surface area (Å²) in [6.45, 7) is 5.33. The number of aryl methyl sites for hydroxylation is 2. The van der Waals surface area contributed by atoms with Crippen LogP contribution in [-0.4, -0.2) is 29.6 Å². The molecule has 0 unspecified atom stereocenters. The van der Waals surface area contributed by atoms with Crippen LogP contribution in [0.25, 0.3) is 10.6 Å².